The summed E-state index contributed by atoms with van der Waals surface area (Å²) in [6.45, 7) is 5.18. The molecule has 7 heteroatoms. The molecule has 1 aliphatic rings. The zero-order valence-corrected chi connectivity index (χ0v) is 19.2. The minimum atomic E-state index is -0.975. The molecule has 0 saturated heterocycles. The fourth-order valence-electron chi connectivity index (χ4n) is 4.71. The molecule has 5 rings (SSSR count). The van der Waals surface area contributed by atoms with Crippen molar-refractivity contribution in [2.75, 3.05) is 13.7 Å². The third kappa shape index (κ3) is 3.58. The molecule has 6 nitrogen and oxygen atoms in total. The fraction of sp³-hybridized carbons (Fsp3) is 0.222. The zero-order valence-electron chi connectivity index (χ0n) is 19.2. The number of carboxylic acids is 1. The number of carbonyl (C=O) groups is 1. The first kappa shape index (κ1) is 22.0. The molecule has 172 valence electrons. The van der Waals surface area contributed by atoms with Gasteiger partial charge in [0.25, 0.3) is 0 Å². The van der Waals surface area contributed by atoms with Gasteiger partial charge in [-0.1, -0.05) is 26.0 Å². The molecular weight excluding hydrogens is 433 g/mol. The number of aromatic nitrogens is 2. The van der Waals surface area contributed by atoms with Crippen molar-refractivity contribution in [2.45, 2.75) is 25.8 Å². The lowest BCUT2D eigenvalue weighted by molar-refractivity contribution is 0.0697. The first-order chi connectivity index (χ1) is 16.3. The van der Waals surface area contributed by atoms with E-state index < -0.39 is 11.4 Å². The fourth-order valence-corrected chi connectivity index (χ4v) is 4.71. The number of pyridine rings is 1. The van der Waals surface area contributed by atoms with Crippen LogP contribution in [-0.2, 0) is 16.7 Å². The Morgan fingerprint density at radius 1 is 1.15 bits per heavy atom. The number of fused-ring (bicyclic) bond motifs is 2. The molecule has 0 amide bonds. The molecule has 1 aliphatic heterocycles. The van der Waals surface area contributed by atoms with Crippen LogP contribution in [0.5, 0.6) is 0 Å². The van der Waals surface area contributed by atoms with E-state index in [-0.39, 0.29) is 11.4 Å². The van der Waals surface area contributed by atoms with E-state index in [1.807, 2.05) is 12.1 Å². The maximum atomic E-state index is 13.8. The Morgan fingerprint density at radius 2 is 1.85 bits per heavy atom. The second-order valence-electron chi connectivity index (χ2n) is 9.11. The number of benzene rings is 2. The standard InChI is InChI=1S/C27H24FN3O3/c1-27(2,15-34-3)24-23(16-4-6-17(7-5-16)26(32)33)21-12-18-13-29-14-22(18)30-25(21)31(24)20-10-8-19(28)9-11-20/h4-12,14H,13,15H2,1-3H3,(H,32,33). The van der Waals surface area contributed by atoms with Crippen LogP contribution in [0.1, 0.15) is 41.2 Å². The van der Waals surface area contributed by atoms with E-state index in [1.165, 1.54) is 12.1 Å². The highest BCUT2D eigenvalue weighted by molar-refractivity contribution is 6.01. The van der Waals surface area contributed by atoms with E-state index in [2.05, 4.69) is 29.5 Å². The first-order valence-corrected chi connectivity index (χ1v) is 11.0. The van der Waals surface area contributed by atoms with E-state index in [0.717, 1.165) is 44.8 Å². The number of aromatic carboxylic acids is 1. The minimum absolute atomic E-state index is 0.219. The number of rotatable bonds is 6. The maximum Gasteiger partial charge on any atom is 0.335 e. The molecule has 3 heterocycles. The molecule has 0 aliphatic carbocycles. The number of nitrogens with zero attached hydrogens (tertiary/aromatic N) is 3. The number of methoxy groups -OCH3 is 1. The number of halogens is 1. The van der Waals surface area contributed by atoms with Crippen LogP contribution >= 0.6 is 0 Å². The van der Waals surface area contributed by atoms with Crippen molar-refractivity contribution in [1.82, 2.24) is 9.55 Å². The molecule has 2 aromatic heterocycles. The zero-order chi connectivity index (χ0) is 24.0. The highest BCUT2D eigenvalue weighted by Gasteiger charge is 2.33. The van der Waals surface area contributed by atoms with Crippen molar-refractivity contribution in [1.29, 1.82) is 0 Å². The lowest BCUT2D eigenvalue weighted by Crippen LogP contribution is -2.27. The number of carboxylic acid groups (broad SMARTS) is 1. The highest BCUT2D eigenvalue weighted by atomic mass is 19.1. The molecule has 0 spiro atoms. The number of hydrogen-bond donors (Lipinski definition) is 1. The van der Waals surface area contributed by atoms with Crippen LogP contribution in [0.15, 0.2) is 59.6 Å². The van der Waals surface area contributed by atoms with Crippen LogP contribution in [0.3, 0.4) is 0 Å². The molecule has 0 unspecified atom stereocenters. The normalized spacial score (nSPS) is 12.9. The largest absolute Gasteiger partial charge is 0.478 e. The van der Waals surface area contributed by atoms with Crippen LogP contribution < -0.4 is 0 Å². The van der Waals surface area contributed by atoms with Crippen molar-refractivity contribution in [2.24, 2.45) is 4.99 Å². The quantitative estimate of drug-likeness (QED) is 0.421. The number of aliphatic imine (C=N–C) groups is 1. The molecule has 4 aromatic rings. The summed E-state index contributed by atoms with van der Waals surface area (Å²) in [5.74, 6) is -1.29. The van der Waals surface area contributed by atoms with Crippen LogP contribution in [0.4, 0.5) is 4.39 Å². The van der Waals surface area contributed by atoms with Crippen molar-refractivity contribution < 1.29 is 19.0 Å². The Hall–Kier alpha value is -3.84. The molecule has 0 radical (unpaired) electrons. The Labute approximate surface area is 196 Å². The van der Waals surface area contributed by atoms with Gasteiger partial charge in [-0.2, -0.15) is 0 Å². The van der Waals surface area contributed by atoms with E-state index in [9.17, 15) is 14.3 Å². The van der Waals surface area contributed by atoms with Gasteiger partial charge in [-0.25, -0.2) is 14.2 Å². The second kappa shape index (κ2) is 8.18. The molecule has 0 bridgehead atoms. The van der Waals surface area contributed by atoms with Gasteiger partial charge in [0.05, 0.1) is 24.4 Å². The third-order valence-electron chi connectivity index (χ3n) is 6.18. The van der Waals surface area contributed by atoms with Gasteiger partial charge in [0.2, 0.25) is 0 Å². The average molecular weight is 458 g/mol. The smallest absolute Gasteiger partial charge is 0.335 e. The van der Waals surface area contributed by atoms with E-state index in [1.54, 1.807) is 37.6 Å². The van der Waals surface area contributed by atoms with Crippen molar-refractivity contribution in [3.05, 3.63) is 82.9 Å². The Morgan fingerprint density at radius 3 is 2.50 bits per heavy atom. The number of ether oxygens (including phenoxy) is 1. The Kier molecular flexibility index (Phi) is 5.29. The second-order valence-corrected chi connectivity index (χ2v) is 9.11. The van der Waals surface area contributed by atoms with E-state index >= 15 is 0 Å². The topological polar surface area (TPSA) is 76.7 Å². The summed E-state index contributed by atoms with van der Waals surface area (Å²) < 4.78 is 21.5. The lowest BCUT2D eigenvalue weighted by Gasteiger charge is -2.28. The molecular formula is C27H24FN3O3. The lowest BCUT2D eigenvalue weighted by atomic mass is 9.84. The molecule has 2 aromatic carbocycles. The summed E-state index contributed by atoms with van der Waals surface area (Å²) in [5, 5.41) is 10.3. The molecule has 34 heavy (non-hydrogen) atoms. The summed E-state index contributed by atoms with van der Waals surface area (Å²) in [4.78, 5) is 20.8. The molecule has 0 atom stereocenters. The van der Waals surface area contributed by atoms with Gasteiger partial charge in [-0.3, -0.25) is 9.56 Å². The summed E-state index contributed by atoms with van der Waals surface area (Å²) in [6.07, 6.45) is 1.78. The van der Waals surface area contributed by atoms with Crippen molar-refractivity contribution in [3.63, 3.8) is 0 Å². The van der Waals surface area contributed by atoms with E-state index in [4.69, 9.17) is 9.72 Å². The van der Waals surface area contributed by atoms with Crippen LogP contribution in [-0.4, -0.2) is 40.6 Å². The number of hydrogen-bond acceptors (Lipinski definition) is 4. The SMILES string of the molecule is COCC(C)(C)c1c(-c2ccc(C(=O)O)cc2)c2cc3c(nc2n1-c1ccc(F)cc1)C=NC3. The van der Waals surface area contributed by atoms with Gasteiger partial charge in [0.1, 0.15) is 11.5 Å². The molecule has 1 N–H and O–H groups in total. The third-order valence-corrected chi connectivity index (χ3v) is 6.18. The van der Waals surface area contributed by atoms with Crippen LogP contribution in [0.25, 0.3) is 27.8 Å². The summed E-state index contributed by atoms with van der Waals surface area (Å²) in [5.41, 5.74) is 5.89. The first-order valence-electron chi connectivity index (χ1n) is 11.0. The van der Waals surface area contributed by atoms with Gasteiger partial charge in [0, 0.05) is 46.6 Å². The monoisotopic (exact) mass is 457 g/mol. The van der Waals surface area contributed by atoms with Gasteiger partial charge in [-0.15, -0.1) is 0 Å². The molecule has 0 saturated carbocycles. The van der Waals surface area contributed by atoms with Gasteiger partial charge >= 0.3 is 5.97 Å². The Balaban J connectivity index is 1.91. The summed E-state index contributed by atoms with van der Waals surface area (Å²) in [7, 11) is 1.66. The van der Waals surface area contributed by atoms with Crippen molar-refractivity contribution >= 4 is 23.2 Å². The van der Waals surface area contributed by atoms with Crippen molar-refractivity contribution in [3.8, 4) is 16.8 Å². The summed E-state index contributed by atoms with van der Waals surface area (Å²) in [6, 6.07) is 15.3. The van der Waals surface area contributed by atoms with Gasteiger partial charge < -0.3 is 9.84 Å². The molecule has 0 fully saturated rings. The predicted molar refractivity (Wildman–Crippen MR) is 130 cm³/mol. The average Bonchev–Trinajstić information content (AvgIpc) is 3.40. The van der Waals surface area contributed by atoms with Crippen LogP contribution in [0, 0.1) is 5.82 Å². The predicted octanol–water partition coefficient (Wildman–Crippen LogP) is 5.39. The van der Waals surface area contributed by atoms with Gasteiger partial charge in [0.15, 0.2) is 0 Å². The maximum absolute atomic E-state index is 13.8. The Bertz CT molecular complexity index is 1440. The summed E-state index contributed by atoms with van der Waals surface area (Å²) >= 11 is 0. The van der Waals surface area contributed by atoms with Crippen LogP contribution in [0.2, 0.25) is 0 Å². The van der Waals surface area contributed by atoms with Gasteiger partial charge in [-0.05, 0) is 48.0 Å². The highest BCUT2D eigenvalue weighted by Crippen LogP contribution is 2.43. The minimum Gasteiger partial charge on any atom is -0.478 e. The van der Waals surface area contributed by atoms with E-state index in [0.29, 0.717) is 13.2 Å².